The van der Waals surface area contributed by atoms with Crippen LogP contribution in [-0.2, 0) is 6.42 Å². The van der Waals surface area contributed by atoms with Crippen molar-refractivity contribution >= 4 is 5.96 Å². The number of benzene rings is 2. The van der Waals surface area contributed by atoms with E-state index in [-0.39, 0.29) is 11.9 Å². The van der Waals surface area contributed by atoms with Gasteiger partial charge in [0.1, 0.15) is 5.82 Å². The molecule has 6 nitrogen and oxygen atoms in total. The largest absolute Gasteiger partial charge is 0.493 e. The minimum absolute atomic E-state index is 0.0987. The molecule has 0 aliphatic heterocycles. The molecule has 2 aromatic carbocycles. The number of hydrogen-bond donors (Lipinski definition) is 1. The van der Waals surface area contributed by atoms with E-state index in [0.717, 1.165) is 41.6 Å². The Morgan fingerprint density at radius 1 is 1.03 bits per heavy atom. The minimum atomic E-state index is -0.227. The van der Waals surface area contributed by atoms with Crippen LogP contribution in [0.25, 0.3) is 0 Å². The summed E-state index contributed by atoms with van der Waals surface area (Å²) in [6, 6.07) is 12.7. The highest BCUT2D eigenvalue weighted by Gasteiger charge is 2.16. The van der Waals surface area contributed by atoms with Crippen LogP contribution in [0.5, 0.6) is 11.5 Å². The van der Waals surface area contributed by atoms with Crippen molar-refractivity contribution in [3.63, 3.8) is 0 Å². The van der Waals surface area contributed by atoms with E-state index in [1.54, 1.807) is 21.3 Å². The van der Waals surface area contributed by atoms with Gasteiger partial charge in [0.2, 0.25) is 0 Å². The Morgan fingerprint density at radius 2 is 1.70 bits per heavy atom. The van der Waals surface area contributed by atoms with Crippen LogP contribution < -0.4 is 14.8 Å². The molecule has 164 valence electrons. The Labute approximate surface area is 179 Å². The van der Waals surface area contributed by atoms with Gasteiger partial charge in [0.15, 0.2) is 17.5 Å². The molecule has 30 heavy (non-hydrogen) atoms. The number of likely N-dealkylation sites (N-methyl/N-ethyl adjacent to an activating group) is 2. The molecule has 0 spiro atoms. The summed E-state index contributed by atoms with van der Waals surface area (Å²) in [7, 11) is 11.1. The SMILES string of the molecule is CN=C(NCC(c1ccc(F)cc1)N(C)C)N(C)CCc1ccc(OC)c(OC)c1. The summed E-state index contributed by atoms with van der Waals surface area (Å²) in [6.45, 7) is 1.45. The van der Waals surface area contributed by atoms with Gasteiger partial charge in [-0.15, -0.1) is 0 Å². The first-order valence-corrected chi connectivity index (χ1v) is 9.94. The highest BCUT2D eigenvalue weighted by Crippen LogP contribution is 2.27. The Bertz CT molecular complexity index is 824. The fourth-order valence-electron chi connectivity index (χ4n) is 3.30. The average Bonchev–Trinajstić information content (AvgIpc) is 2.75. The number of guanidine groups is 1. The quantitative estimate of drug-likeness (QED) is 0.503. The van der Waals surface area contributed by atoms with E-state index in [4.69, 9.17) is 9.47 Å². The lowest BCUT2D eigenvalue weighted by molar-refractivity contribution is 0.295. The number of methoxy groups -OCH3 is 2. The number of hydrogen-bond acceptors (Lipinski definition) is 4. The Kier molecular flexibility index (Phi) is 8.92. The van der Waals surface area contributed by atoms with E-state index in [1.807, 2.05) is 51.5 Å². The maximum Gasteiger partial charge on any atom is 0.193 e. The lowest BCUT2D eigenvalue weighted by atomic mass is 10.1. The summed E-state index contributed by atoms with van der Waals surface area (Å²) in [5.41, 5.74) is 2.21. The molecule has 0 saturated carbocycles. The molecule has 0 amide bonds. The maximum absolute atomic E-state index is 13.3. The Hall–Kier alpha value is -2.80. The zero-order valence-corrected chi connectivity index (χ0v) is 18.8. The third-order valence-corrected chi connectivity index (χ3v) is 5.09. The number of rotatable bonds is 9. The molecular formula is C23H33FN4O2. The van der Waals surface area contributed by atoms with Crippen LogP contribution in [0.4, 0.5) is 4.39 Å². The van der Waals surface area contributed by atoms with Gasteiger partial charge in [0.05, 0.1) is 20.3 Å². The van der Waals surface area contributed by atoms with Gasteiger partial charge in [-0.1, -0.05) is 18.2 Å². The summed E-state index contributed by atoms with van der Waals surface area (Å²) < 4.78 is 24.0. The van der Waals surface area contributed by atoms with Crippen LogP contribution in [0.3, 0.4) is 0 Å². The highest BCUT2D eigenvalue weighted by atomic mass is 19.1. The van der Waals surface area contributed by atoms with Gasteiger partial charge >= 0.3 is 0 Å². The van der Waals surface area contributed by atoms with Gasteiger partial charge < -0.3 is 24.6 Å². The molecule has 0 aliphatic rings. The van der Waals surface area contributed by atoms with Crippen LogP contribution in [0.1, 0.15) is 17.2 Å². The second-order valence-electron chi connectivity index (χ2n) is 7.32. The first-order chi connectivity index (χ1) is 14.4. The third kappa shape index (κ3) is 6.35. The van der Waals surface area contributed by atoms with E-state index in [0.29, 0.717) is 6.54 Å². The molecule has 0 heterocycles. The second-order valence-corrected chi connectivity index (χ2v) is 7.32. The molecule has 2 aromatic rings. The van der Waals surface area contributed by atoms with Crippen LogP contribution in [-0.4, -0.2) is 71.3 Å². The van der Waals surface area contributed by atoms with Crippen molar-refractivity contribution in [2.45, 2.75) is 12.5 Å². The summed E-state index contributed by atoms with van der Waals surface area (Å²) in [4.78, 5) is 8.61. The fraction of sp³-hybridized carbons (Fsp3) is 0.435. The lowest BCUT2D eigenvalue weighted by Crippen LogP contribution is -2.43. The van der Waals surface area contributed by atoms with Gasteiger partial charge in [0, 0.05) is 27.2 Å². The monoisotopic (exact) mass is 416 g/mol. The molecule has 7 heteroatoms. The predicted octanol–water partition coefficient (Wildman–Crippen LogP) is 3.20. The van der Waals surface area contributed by atoms with E-state index < -0.39 is 0 Å². The maximum atomic E-state index is 13.3. The van der Waals surface area contributed by atoms with E-state index in [9.17, 15) is 4.39 Å². The average molecular weight is 417 g/mol. The van der Waals surface area contributed by atoms with E-state index in [1.165, 1.54) is 12.1 Å². The fourth-order valence-corrected chi connectivity index (χ4v) is 3.30. The molecule has 0 fully saturated rings. The van der Waals surface area contributed by atoms with Crippen molar-refractivity contribution < 1.29 is 13.9 Å². The van der Waals surface area contributed by atoms with Gasteiger partial charge in [-0.2, -0.15) is 0 Å². The molecule has 0 saturated heterocycles. The van der Waals surface area contributed by atoms with E-state index >= 15 is 0 Å². The molecule has 2 rings (SSSR count). The van der Waals surface area contributed by atoms with Crippen molar-refractivity contribution in [3.8, 4) is 11.5 Å². The standard InChI is InChI=1S/C23H33FN4O2/c1-25-23(26-16-20(27(2)3)18-8-10-19(24)11-9-18)28(4)14-13-17-7-12-21(29-5)22(15-17)30-6/h7-12,15,20H,13-14,16H2,1-6H3,(H,25,26). The van der Waals surface area contributed by atoms with Gasteiger partial charge in [-0.25, -0.2) is 4.39 Å². The second kappa shape index (κ2) is 11.4. The molecule has 1 N–H and O–H groups in total. The Morgan fingerprint density at radius 3 is 2.27 bits per heavy atom. The van der Waals surface area contributed by atoms with Crippen molar-refractivity contribution in [3.05, 3.63) is 59.4 Å². The van der Waals surface area contributed by atoms with Gasteiger partial charge in [-0.05, 0) is 55.9 Å². The summed E-state index contributed by atoms with van der Waals surface area (Å²) in [6.07, 6.45) is 0.840. The smallest absolute Gasteiger partial charge is 0.193 e. The van der Waals surface area contributed by atoms with Crippen molar-refractivity contribution in [1.29, 1.82) is 0 Å². The lowest BCUT2D eigenvalue weighted by Gasteiger charge is -2.28. The Balaban J connectivity index is 1.97. The molecule has 0 aliphatic carbocycles. The van der Waals surface area contributed by atoms with Crippen LogP contribution in [0.2, 0.25) is 0 Å². The third-order valence-electron chi connectivity index (χ3n) is 5.09. The van der Waals surface area contributed by atoms with E-state index in [2.05, 4.69) is 20.1 Å². The van der Waals surface area contributed by atoms with Gasteiger partial charge in [0.25, 0.3) is 0 Å². The van der Waals surface area contributed by atoms with Crippen molar-refractivity contribution in [1.82, 2.24) is 15.1 Å². The van der Waals surface area contributed by atoms with Crippen LogP contribution in [0, 0.1) is 5.82 Å². The topological polar surface area (TPSA) is 49.3 Å². The molecule has 0 bridgehead atoms. The molecular weight excluding hydrogens is 383 g/mol. The number of nitrogens with one attached hydrogen (secondary N) is 1. The zero-order valence-electron chi connectivity index (χ0n) is 18.8. The van der Waals surface area contributed by atoms with Crippen LogP contribution in [0.15, 0.2) is 47.5 Å². The van der Waals surface area contributed by atoms with Crippen molar-refractivity contribution in [2.24, 2.45) is 4.99 Å². The number of aliphatic imine (C=N–C) groups is 1. The molecule has 0 aromatic heterocycles. The minimum Gasteiger partial charge on any atom is -0.493 e. The molecule has 1 atom stereocenters. The zero-order chi connectivity index (χ0) is 22.1. The molecule has 0 radical (unpaired) electrons. The first kappa shape index (κ1) is 23.5. The predicted molar refractivity (Wildman–Crippen MR) is 120 cm³/mol. The number of nitrogens with zero attached hydrogens (tertiary/aromatic N) is 3. The summed E-state index contributed by atoms with van der Waals surface area (Å²) >= 11 is 0. The van der Waals surface area contributed by atoms with Gasteiger partial charge in [-0.3, -0.25) is 4.99 Å². The van der Waals surface area contributed by atoms with Crippen LogP contribution >= 0.6 is 0 Å². The normalized spacial score (nSPS) is 12.6. The highest BCUT2D eigenvalue weighted by molar-refractivity contribution is 5.79. The number of ether oxygens (including phenoxy) is 2. The van der Waals surface area contributed by atoms with Crippen molar-refractivity contribution in [2.75, 3.05) is 55.5 Å². The first-order valence-electron chi connectivity index (χ1n) is 9.94. The summed E-state index contributed by atoms with van der Waals surface area (Å²) in [5, 5.41) is 3.44. The molecule has 1 unspecified atom stereocenters. The summed E-state index contributed by atoms with van der Waals surface area (Å²) in [5.74, 6) is 2.04. The number of halogens is 1.